The van der Waals surface area contributed by atoms with Gasteiger partial charge in [0.2, 0.25) is 0 Å². The number of hydrogen-bond donors (Lipinski definition) is 1. The quantitative estimate of drug-likeness (QED) is 0.855. The summed E-state index contributed by atoms with van der Waals surface area (Å²) in [7, 11) is 0. The van der Waals surface area contributed by atoms with Crippen LogP contribution in [0.4, 0.5) is 10.5 Å². The maximum atomic E-state index is 12.1. The second kappa shape index (κ2) is 5.73. The minimum Gasteiger partial charge on any atom is -0.368 e. The van der Waals surface area contributed by atoms with Crippen molar-refractivity contribution in [2.24, 2.45) is 0 Å². The zero-order chi connectivity index (χ0) is 14.8. The monoisotopic (exact) mass is 275 g/mol. The van der Waals surface area contributed by atoms with Crippen LogP contribution in [-0.4, -0.2) is 42.6 Å². The fourth-order valence-corrected chi connectivity index (χ4v) is 2.47. The van der Waals surface area contributed by atoms with Gasteiger partial charge in [0.15, 0.2) is 0 Å². The van der Waals surface area contributed by atoms with Crippen LogP contribution in [0.25, 0.3) is 0 Å². The summed E-state index contributed by atoms with van der Waals surface area (Å²) >= 11 is 0. The van der Waals surface area contributed by atoms with Crippen molar-refractivity contribution < 1.29 is 4.79 Å². The molecule has 0 saturated carbocycles. The normalized spacial score (nSPS) is 16.2. The van der Waals surface area contributed by atoms with E-state index in [2.05, 4.69) is 41.4 Å². The molecule has 0 aromatic heterocycles. The van der Waals surface area contributed by atoms with Crippen LogP contribution in [0.5, 0.6) is 0 Å². The number of para-hydroxylation sites is 1. The smallest absolute Gasteiger partial charge is 0.317 e. The van der Waals surface area contributed by atoms with Crippen molar-refractivity contribution in [3.8, 4) is 0 Å². The first-order chi connectivity index (χ1) is 9.37. The number of hydrogen-bond acceptors (Lipinski definition) is 2. The van der Waals surface area contributed by atoms with Gasteiger partial charge in [0.05, 0.1) is 0 Å². The summed E-state index contributed by atoms with van der Waals surface area (Å²) < 4.78 is 0. The standard InChI is InChI=1S/C16H25N3O/c1-13-7-5-6-8-14(13)18-9-11-19(12-10-18)15(20)17-16(2,3)4/h5-8H,9-12H2,1-4H3,(H,17,20). The molecule has 0 bridgehead atoms. The Morgan fingerprint density at radius 1 is 1.10 bits per heavy atom. The average molecular weight is 275 g/mol. The van der Waals surface area contributed by atoms with Crippen LogP contribution in [0, 0.1) is 6.92 Å². The first-order valence-corrected chi connectivity index (χ1v) is 7.24. The number of nitrogens with one attached hydrogen (secondary N) is 1. The number of aryl methyl sites for hydroxylation is 1. The molecule has 1 aromatic rings. The van der Waals surface area contributed by atoms with Crippen molar-refractivity contribution in [1.29, 1.82) is 0 Å². The van der Waals surface area contributed by atoms with Gasteiger partial charge in [0.25, 0.3) is 0 Å². The van der Waals surface area contributed by atoms with Crippen LogP contribution in [0.15, 0.2) is 24.3 Å². The number of carbonyl (C=O) groups is 1. The molecule has 1 fully saturated rings. The van der Waals surface area contributed by atoms with Crippen molar-refractivity contribution in [1.82, 2.24) is 10.2 Å². The molecule has 0 unspecified atom stereocenters. The van der Waals surface area contributed by atoms with E-state index in [9.17, 15) is 4.79 Å². The van der Waals surface area contributed by atoms with E-state index >= 15 is 0 Å². The number of carbonyl (C=O) groups excluding carboxylic acids is 1. The van der Waals surface area contributed by atoms with Gasteiger partial charge in [-0.2, -0.15) is 0 Å². The summed E-state index contributed by atoms with van der Waals surface area (Å²) in [6, 6.07) is 8.46. The van der Waals surface area contributed by atoms with Crippen molar-refractivity contribution in [3.05, 3.63) is 29.8 Å². The van der Waals surface area contributed by atoms with Gasteiger partial charge in [-0.3, -0.25) is 0 Å². The Kier molecular flexibility index (Phi) is 4.21. The fourth-order valence-electron chi connectivity index (χ4n) is 2.47. The molecule has 0 atom stereocenters. The zero-order valence-corrected chi connectivity index (χ0v) is 12.9. The number of benzene rings is 1. The van der Waals surface area contributed by atoms with Gasteiger partial charge in [-0.15, -0.1) is 0 Å². The Morgan fingerprint density at radius 3 is 2.25 bits per heavy atom. The van der Waals surface area contributed by atoms with Gasteiger partial charge in [-0.25, -0.2) is 4.79 Å². The second-order valence-corrected chi connectivity index (χ2v) is 6.44. The number of piperazine rings is 1. The van der Waals surface area contributed by atoms with Gasteiger partial charge in [0.1, 0.15) is 0 Å². The summed E-state index contributed by atoms with van der Waals surface area (Å²) in [5.74, 6) is 0. The predicted molar refractivity (Wildman–Crippen MR) is 83.2 cm³/mol. The van der Waals surface area contributed by atoms with Crippen LogP contribution < -0.4 is 10.2 Å². The third kappa shape index (κ3) is 3.65. The Morgan fingerprint density at radius 2 is 1.70 bits per heavy atom. The number of urea groups is 1. The Hall–Kier alpha value is -1.71. The average Bonchev–Trinajstić information content (AvgIpc) is 2.37. The lowest BCUT2D eigenvalue weighted by molar-refractivity contribution is 0.185. The fraction of sp³-hybridized carbons (Fsp3) is 0.562. The van der Waals surface area contributed by atoms with Crippen molar-refractivity contribution >= 4 is 11.7 Å². The summed E-state index contributed by atoms with van der Waals surface area (Å²) in [5.41, 5.74) is 2.40. The van der Waals surface area contributed by atoms with Crippen molar-refractivity contribution in [3.63, 3.8) is 0 Å². The first kappa shape index (κ1) is 14.7. The van der Waals surface area contributed by atoms with E-state index < -0.39 is 0 Å². The largest absolute Gasteiger partial charge is 0.368 e. The molecule has 110 valence electrons. The van der Waals surface area contributed by atoms with Gasteiger partial charge in [-0.05, 0) is 39.3 Å². The molecule has 0 aliphatic carbocycles. The molecule has 0 spiro atoms. The minimum atomic E-state index is -0.176. The van der Waals surface area contributed by atoms with Gasteiger partial charge < -0.3 is 15.1 Å². The van der Waals surface area contributed by atoms with E-state index in [0.717, 1.165) is 26.2 Å². The molecule has 20 heavy (non-hydrogen) atoms. The summed E-state index contributed by atoms with van der Waals surface area (Å²) in [5, 5.41) is 3.02. The predicted octanol–water partition coefficient (Wildman–Crippen LogP) is 2.63. The molecule has 0 radical (unpaired) electrons. The molecular weight excluding hydrogens is 250 g/mol. The molecule has 1 heterocycles. The first-order valence-electron chi connectivity index (χ1n) is 7.24. The molecule has 1 aliphatic rings. The molecule has 1 saturated heterocycles. The molecule has 2 rings (SSSR count). The van der Waals surface area contributed by atoms with Crippen LogP contribution >= 0.6 is 0 Å². The van der Waals surface area contributed by atoms with E-state index in [-0.39, 0.29) is 11.6 Å². The lowest BCUT2D eigenvalue weighted by atomic mass is 10.1. The number of rotatable bonds is 1. The van der Waals surface area contributed by atoms with E-state index in [0.29, 0.717) is 0 Å². The minimum absolute atomic E-state index is 0.0435. The maximum Gasteiger partial charge on any atom is 0.317 e. The molecule has 2 amide bonds. The summed E-state index contributed by atoms with van der Waals surface area (Å²) in [6.45, 7) is 11.5. The third-order valence-electron chi connectivity index (χ3n) is 3.50. The molecule has 1 aromatic carbocycles. The summed E-state index contributed by atoms with van der Waals surface area (Å²) in [6.07, 6.45) is 0. The SMILES string of the molecule is Cc1ccccc1N1CCN(C(=O)NC(C)(C)C)CC1. The van der Waals surface area contributed by atoms with Crippen LogP contribution in [-0.2, 0) is 0 Å². The Balaban J connectivity index is 1.93. The number of nitrogens with zero attached hydrogens (tertiary/aromatic N) is 2. The van der Waals surface area contributed by atoms with E-state index in [1.165, 1.54) is 11.3 Å². The number of amides is 2. The molecular formula is C16H25N3O. The van der Waals surface area contributed by atoms with Gasteiger partial charge in [-0.1, -0.05) is 18.2 Å². The van der Waals surface area contributed by atoms with E-state index in [4.69, 9.17) is 0 Å². The third-order valence-corrected chi connectivity index (χ3v) is 3.50. The molecule has 4 nitrogen and oxygen atoms in total. The highest BCUT2D eigenvalue weighted by Crippen LogP contribution is 2.20. The molecule has 1 N–H and O–H groups in total. The topological polar surface area (TPSA) is 35.6 Å². The molecule has 1 aliphatic heterocycles. The van der Waals surface area contributed by atoms with Crippen LogP contribution in [0.1, 0.15) is 26.3 Å². The number of anilines is 1. The highest BCUT2D eigenvalue weighted by molar-refractivity contribution is 5.75. The van der Waals surface area contributed by atoms with Crippen LogP contribution in [0.2, 0.25) is 0 Å². The lowest BCUT2D eigenvalue weighted by Crippen LogP contribution is -2.55. The zero-order valence-electron chi connectivity index (χ0n) is 12.9. The Bertz CT molecular complexity index is 471. The highest BCUT2D eigenvalue weighted by atomic mass is 16.2. The van der Waals surface area contributed by atoms with Crippen molar-refractivity contribution in [2.75, 3.05) is 31.1 Å². The summed E-state index contributed by atoms with van der Waals surface area (Å²) in [4.78, 5) is 16.4. The van der Waals surface area contributed by atoms with Crippen LogP contribution in [0.3, 0.4) is 0 Å². The highest BCUT2D eigenvalue weighted by Gasteiger charge is 2.24. The van der Waals surface area contributed by atoms with E-state index in [1.54, 1.807) is 0 Å². The van der Waals surface area contributed by atoms with Gasteiger partial charge in [0, 0.05) is 37.4 Å². The molecule has 4 heteroatoms. The van der Waals surface area contributed by atoms with E-state index in [1.807, 2.05) is 25.7 Å². The van der Waals surface area contributed by atoms with Gasteiger partial charge >= 0.3 is 6.03 Å². The second-order valence-electron chi connectivity index (χ2n) is 6.44. The maximum absolute atomic E-state index is 12.1. The lowest BCUT2D eigenvalue weighted by Gasteiger charge is -2.38. The Labute approximate surface area is 121 Å². The van der Waals surface area contributed by atoms with Crippen molar-refractivity contribution in [2.45, 2.75) is 33.2 Å².